The Morgan fingerprint density at radius 1 is 1.39 bits per heavy atom. The van der Waals surface area contributed by atoms with Crippen LogP contribution >= 0.6 is 0 Å². The molecule has 126 valence electrons. The van der Waals surface area contributed by atoms with Gasteiger partial charge in [-0.05, 0) is 25.3 Å². The van der Waals surface area contributed by atoms with Crippen LogP contribution in [0.1, 0.15) is 37.6 Å². The highest BCUT2D eigenvalue weighted by Crippen LogP contribution is 2.28. The average molecular weight is 324 g/mol. The second-order valence-electron chi connectivity index (χ2n) is 5.33. The van der Waals surface area contributed by atoms with Crippen molar-refractivity contribution in [2.24, 2.45) is 5.92 Å². The predicted octanol–water partition coefficient (Wildman–Crippen LogP) is 2.22. The van der Waals surface area contributed by atoms with E-state index in [1.165, 1.54) is 18.2 Å². The van der Waals surface area contributed by atoms with Crippen LogP contribution in [0, 0.1) is 16.0 Å². The van der Waals surface area contributed by atoms with Gasteiger partial charge < -0.3 is 15.2 Å². The number of nitro benzene ring substituents is 1. The van der Waals surface area contributed by atoms with Gasteiger partial charge in [0.2, 0.25) is 0 Å². The smallest absolute Gasteiger partial charge is 0.326 e. The molecule has 0 aromatic heterocycles. The van der Waals surface area contributed by atoms with E-state index in [0.29, 0.717) is 0 Å². The maximum absolute atomic E-state index is 12.4. The van der Waals surface area contributed by atoms with E-state index in [4.69, 9.17) is 4.74 Å². The standard InChI is InChI=1S/C15H20N2O6/c1-4-23-12-7-5-6-11(17(21)22)13(12)14(18)16-10(15(19)20)8-9(2)3/h5-7,9-10H,4,8H2,1-3H3,(H,16,18)(H,19,20)/t10-/m1/s1. The van der Waals surface area contributed by atoms with Gasteiger partial charge in [0.1, 0.15) is 11.8 Å². The van der Waals surface area contributed by atoms with E-state index in [0.717, 1.165) is 0 Å². The van der Waals surface area contributed by atoms with E-state index < -0.39 is 28.5 Å². The van der Waals surface area contributed by atoms with Gasteiger partial charge in [0.15, 0.2) is 5.56 Å². The van der Waals surface area contributed by atoms with Crippen molar-refractivity contribution in [3.05, 3.63) is 33.9 Å². The Morgan fingerprint density at radius 3 is 2.52 bits per heavy atom. The molecule has 0 heterocycles. The van der Waals surface area contributed by atoms with Gasteiger partial charge in [-0.15, -0.1) is 0 Å². The molecule has 0 saturated heterocycles. The first kappa shape index (κ1) is 18.4. The van der Waals surface area contributed by atoms with Crippen LogP contribution in [0.2, 0.25) is 0 Å². The third kappa shape index (κ3) is 4.94. The lowest BCUT2D eigenvalue weighted by Gasteiger charge is -2.17. The summed E-state index contributed by atoms with van der Waals surface area (Å²) in [6.07, 6.45) is 0.214. The molecule has 0 spiro atoms. The lowest BCUT2D eigenvalue weighted by atomic mass is 10.0. The number of carboxylic acids is 1. The number of hydrogen-bond donors (Lipinski definition) is 2. The summed E-state index contributed by atoms with van der Waals surface area (Å²) >= 11 is 0. The third-order valence-corrected chi connectivity index (χ3v) is 3.04. The average Bonchev–Trinajstić information content (AvgIpc) is 2.45. The first-order chi connectivity index (χ1) is 10.8. The molecule has 0 aliphatic carbocycles. The molecule has 0 aliphatic heterocycles. The monoisotopic (exact) mass is 324 g/mol. The van der Waals surface area contributed by atoms with Crippen molar-refractivity contribution in [2.45, 2.75) is 33.2 Å². The third-order valence-electron chi connectivity index (χ3n) is 3.04. The van der Waals surface area contributed by atoms with Crippen LogP contribution in [-0.2, 0) is 4.79 Å². The summed E-state index contributed by atoms with van der Waals surface area (Å²) in [7, 11) is 0. The lowest BCUT2D eigenvalue weighted by molar-refractivity contribution is -0.385. The molecule has 0 bridgehead atoms. The number of aliphatic carboxylic acids is 1. The first-order valence-corrected chi connectivity index (χ1v) is 7.21. The number of rotatable bonds is 8. The molecule has 0 radical (unpaired) electrons. The second-order valence-corrected chi connectivity index (χ2v) is 5.33. The van der Waals surface area contributed by atoms with Gasteiger partial charge in [-0.2, -0.15) is 0 Å². The maximum Gasteiger partial charge on any atom is 0.326 e. The minimum Gasteiger partial charge on any atom is -0.493 e. The number of hydrogen-bond acceptors (Lipinski definition) is 5. The number of carbonyl (C=O) groups is 2. The Hall–Kier alpha value is -2.64. The van der Waals surface area contributed by atoms with Crippen molar-refractivity contribution < 1.29 is 24.4 Å². The normalized spacial score (nSPS) is 11.8. The highest BCUT2D eigenvalue weighted by molar-refractivity contribution is 6.02. The van der Waals surface area contributed by atoms with Gasteiger partial charge in [-0.3, -0.25) is 14.9 Å². The van der Waals surface area contributed by atoms with Crippen molar-refractivity contribution in [3.63, 3.8) is 0 Å². The molecule has 2 N–H and O–H groups in total. The van der Waals surface area contributed by atoms with Crippen LogP contribution in [-0.4, -0.2) is 34.6 Å². The summed E-state index contributed by atoms with van der Waals surface area (Å²) in [5.41, 5.74) is -0.698. The number of benzene rings is 1. The van der Waals surface area contributed by atoms with Crippen LogP contribution in [0.4, 0.5) is 5.69 Å². The summed E-state index contributed by atoms with van der Waals surface area (Å²) in [6.45, 7) is 5.53. The molecular formula is C15H20N2O6. The van der Waals surface area contributed by atoms with Crippen LogP contribution in [0.5, 0.6) is 5.75 Å². The van der Waals surface area contributed by atoms with Crippen LogP contribution in [0.15, 0.2) is 18.2 Å². The van der Waals surface area contributed by atoms with Crippen molar-refractivity contribution >= 4 is 17.6 Å². The van der Waals surface area contributed by atoms with E-state index in [-0.39, 0.29) is 30.3 Å². The molecule has 1 atom stereocenters. The van der Waals surface area contributed by atoms with Crippen molar-refractivity contribution in [3.8, 4) is 5.75 Å². The van der Waals surface area contributed by atoms with Crippen LogP contribution in [0.3, 0.4) is 0 Å². The SMILES string of the molecule is CCOc1cccc([N+](=O)[O-])c1C(=O)N[C@H](CC(C)C)C(=O)O. The van der Waals surface area contributed by atoms with Gasteiger partial charge >= 0.3 is 5.97 Å². The quantitative estimate of drug-likeness (QED) is 0.559. The summed E-state index contributed by atoms with van der Waals surface area (Å²) < 4.78 is 5.26. The van der Waals surface area contributed by atoms with Crippen molar-refractivity contribution in [1.82, 2.24) is 5.32 Å². The first-order valence-electron chi connectivity index (χ1n) is 7.21. The van der Waals surface area contributed by atoms with E-state index in [2.05, 4.69) is 5.32 Å². The number of nitro groups is 1. The van der Waals surface area contributed by atoms with Gasteiger partial charge in [0, 0.05) is 6.07 Å². The summed E-state index contributed by atoms with van der Waals surface area (Å²) in [4.78, 5) is 34.1. The largest absolute Gasteiger partial charge is 0.493 e. The van der Waals surface area contributed by atoms with E-state index in [1.54, 1.807) is 6.92 Å². The number of nitrogens with one attached hydrogen (secondary N) is 1. The Labute approximate surface area is 133 Å². The molecule has 1 rings (SSSR count). The minimum atomic E-state index is -1.19. The van der Waals surface area contributed by atoms with E-state index in [1.807, 2.05) is 13.8 Å². The second kappa shape index (κ2) is 8.11. The van der Waals surface area contributed by atoms with Crippen LogP contribution in [0.25, 0.3) is 0 Å². The molecule has 23 heavy (non-hydrogen) atoms. The molecular weight excluding hydrogens is 304 g/mol. The maximum atomic E-state index is 12.4. The summed E-state index contributed by atoms with van der Waals surface area (Å²) in [5.74, 6) is -1.95. The fraction of sp³-hybridized carbons (Fsp3) is 0.467. The molecule has 0 unspecified atom stereocenters. The highest BCUT2D eigenvalue weighted by Gasteiger charge is 2.29. The van der Waals surface area contributed by atoms with Crippen molar-refractivity contribution in [2.75, 3.05) is 6.61 Å². The lowest BCUT2D eigenvalue weighted by Crippen LogP contribution is -2.42. The zero-order valence-corrected chi connectivity index (χ0v) is 13.2. The number of ether oxygens (including phenoxy) is 1. The number of amides is 1. The zero-order chi connectivity index (χ0) is 17.6. The number of nitrogens with zero attached hydrogens (tertiary/aromatic N) is 1. The Morgan fingerprint density at radius 2 is 2.04 bits per heavy atom. The highest BCUT2D eigenvalue weighted by atomic mass is 16.6. The van der Waals surface area contributed by atoms with Crippen LogP contribution < -0.4 is 10.1 Å². The predicted molar refractivity (Wildman–Crippen MR) is 82.6 cm³/mol. The molecule has 1 amide bonds. The molecule has 0 fully saturated rings. The van der Waals surface area contributed by atoms with Gasteiger partial charge in [0.25, 0.3) is 11.6 Å². The van der Waals surface area contributed by atoms with E-state index >= 15 is 0 Å². The van der Waals surface area contributed by atoms with Gasteiger partial charge in [-0.1, -0.05) is 19.9 Å². The van der Waals surface area contributed by atoms with Crippen molar-refractivity contribution in [1.29, 1.82) is 0 Å². The molecule has 8 heteroatoms. The van der Waals surface area contributed by atoms with Gasteiger partial charge in [-0.25, -0.2) is 4.79 Å². The summed E-state index contributed by atoms with van der Waals surface area (Å²) in [5, 5.41) is 22.7. The van der Waals surface area contributed by atoms with Gasteiger partial charge in [0.05, 0.1) is 11.5 Å². The molecule has 0 aliphatic rings. The Bertz CT molecular complexity index is 600. The zero-order valence-electron chi connectivity index (χ0n) is 13.2. The molecule has 1 aromatic carbocycles. The Balaban J connectivity index is 3.19. The fourth-order valence-electron chi connectivity index (χ4n) is 2.10. The minimum absolute atomic E-state index is 0.0357. The van der Waals surface area contributed by atoms with E-state index in [9.17, 15) is 24.8 Å². The molecule has 0 saturated carbocycles. The fourth-order valence-corrected chi connectivity index (χ4v) is 2.10. The number of carbonyl (C=O) groups excluding carboxylic acids is 1. The molecule has 1 aromatic rings. The Kier molecular flexibility index (Phi) is 6.49. The number of carboxylic acid groups (broad SMARTS) is 1. The molecule has 8 nitrogen and oxygen atoms in total. The topological polar surface area (TPSA) is 119 Å². The summed E-state index contributed by atoms with van der Waals surface area (Å²) in [6, 6.07) is 2.89.